The van der Waals surface area contributed by atoms with Crippen molar-refractivity contribution in [1.82, 2.24) is 0 Å². The van der Waals surface area contributed by atoms with Gasteiger partial charge in [0.1, 0.15) is 0 Å². The van der Waals surface area contributed by atoms with E-state index >= 15 is 0 Å². The summed E-state index contributed by atoms with van der Waals surface area (Å²) in [6, 6.07) is 7.76. The molecular weight excluding hydrogens is 335 g/mol. The Balaban J connectivity index is 2.64. The van der Waals surface area contributed by atoms with E-state index in [0.29, 0.717) is 6.42 Å². The topological polar surface area (TPSA) is 37.3 Å². The number of aliphatic hydroxyl groups excluding tert-OH is 1. The molecule has 2 nitrogen and oxygen atoms in total. The molecule has 2 rings (SSSR count). The second kappa shape index (κ2) is 3.52. The molecule has 1 atom stereocenters. The standard InChI is InChI=1S/C9H7.C3H7O.CH3.2ClH.O.H3Si.Ti/c1-2-5-9-7-3-6-8(9)4-1;1-2-3-4;;;;;;/h1-7H;4H,1-3H2;1H3;2*1H;;1H3;/q;;;;;;;+2/p-2. The fourth-order valence-electron chi connectivity index (χ4n) is 3.12. The van der Waals surface area contributed by atoms with Crippen LogP contribution in [0.1, 0.15) is 21.8 Å². The number of allylic oxidation sites excluding steroid dienone is 1. The van der Waals surface area contributed by atoms with Crippen LogP contribution in [0.15, 0.2) is 30.3 Å². The molecule has 0 saturated heterocycles. The van der Waals surface area contributed by atoms with E-state index in [1.807, 2.05) is 36.4 Å². The van der Waals surface area contributed by atoms with Crippen molar-refractivity contribution < 1.29 is 18.3 Å². The Labute approximate surface area is 119 Å². The number of fused-ring (bicyclic) bond motifs is 1. The van der Waals surface area contributed by atoms with Gasteiger partial charge in [0.2, 0.25) is 0 Å². The molecule has 1 aliphatic carbocycles. The van der Waals surface area contributed by atoms with E-state index in [0.717, 1.165) is 11.1 Å². The van der Waals surface area contributed by atoms with E-state index in [1.165, 1.54) is 0 Å². The first-order chi connectivity index (χ1) is 8.38. The molecule has 0 spiro atoms. The molecule has 0 amide bonds. The monoisotopic (exact) mass is 354 g/mol. The number of hydrogen-bond donors (Lipinski definition) is 1. The first-order valence-electron chi connectivity index (χ1n) is 6.61. The van der Waals surface area contributed by atoms with E-state index in [1.54, 1.807) is 5.23 Å². The molecule has 1 N–H and O–H groups in total. The Bertz CT molecular complexity index is 669. The molecule has 19 heavy (non-hydrogen) atoms. The summed E-state index contributed by atoms with van der Waals surface area (Å²) in [5.74, 6) is 0. The molecule has 0 radical (unpaired) electrons. The maximum atomic E-state index is 14.0. The van der Waals surface area contributed by atoms with Gasteiger partial charge in [-0.1, -0.05) is 0 Å². The van der Waals surface area contributed by atoms with Crippen molar-refractivity contribution in [3.05, 3.63) is 41.5 Å². The van der Waals surface area contributed by atoms with Crippen molar-refractivity contribution in [2.24, 2.45) is 0 Å². The second-order valence-corrected chi connectivity index (χ2v) is 56.4. The third-order valence-corrected chi connectivity index (χ3v) is 20.4. The first-order valence-corrected chi connectivity index (χ1v) is 20.8. The van der Waals surface area contributed by atoms with E-state index < -0.39 is 14.1 Å². The fraction of sp³-hybridized carbons (Fsp3) is 0.385. The average Bonchev–Trinajstić information content (AvgIpc) is 2.70. The average molecular weight is 355 g/mol. The Morgan fingerprint density at radius 2 is 2.00 bits per heavy atom. The Morgan fingerprint density at radius 3 is 2.63 bits per heavy atom. The van der Waals surface area contributed by atoms with Gasteiger partial charge in [-0.15, -0.1) is 0 Å². The van der Waals surface area contributed by atoms with E-state index in [4.69, 9.17) is 23.7 Å². The molecule has 1 aromatic rings. The van der Waals surface area contributed by atoms with Crippen LogP contribution in [0.4, 0.5) is 0 Å². The summed E-state index contributed by atoms with van der Waals surface area (Å²) in [5, 5.41) is 10.7. The van der Waals surface area contributed by atoms with Crippen molar-refractivity contribution >= 4 is 32.8 Å². The van der Waals surface area contributed by atoms with Crippen molar-refractivity contribution in [2.45, 2.75) is 20.6 Å². The van der Waals surface area contributed by atoms with E-state index in [9.17, 15) is 3.32 Å². The zero-order chi connectivity index (χ0) is 14.5. The molecule has 0 bridgehead atoms. The summed E-state index contributed by atoms with van der Waals surface area (Å²) in [7, 11) is 7.94. The van der Waals surface area contributed by atoms with Crippen molar-refractivity contribution in [3.63, 3.8) is 0 Å². The van der Waals surface area contributed by atoms with Crippen LogP contribution >= 0.6 is 18.6 Å². The van der Waals surface area contributed by atoms with Gasteiger partial charge < -0.3 is 0 Å². The predicted molar refractivity (Wildman–Crippen MR) is 82.9 cm³/mol. The van der Waals surface area contributed by atoms with Crippen LogP contribution in [0, 0.1) is 0 Å². The third-order valence-electron chi connectivity index (χ3n) is 4.27. The fourth-order valence-corrected chi connectivity index (χ4v) is 15.7. The molecular formula is C13H20Cl2O2SiTi. The molecule has 0 aliphatic heterocycles. The molecule has 0 saturated carbocycles. The van der Waals surface area contributed by atoms with Gasteiger partial charge in [0.25, 0.3) is 0 Å². The molecule has 1 unspecified atom stereocenters. The van der Waals surface area contributed by atoms with Gasteiger partial charge in [-0.3, -0.25) is 0 Å². The van der Waals surface area contributed by atoms with Crippen LogP contribution in [-0.4, -0.2) is 19.8 Å². The minimum atomic E-state index is -5.86. The van der Waals surface area contributed by atoms with Gasteiger partial charge in [-0.05, 0) is 0 Å². The van der Waals surface area contributed by atoms with Crippen LogP contribution < -0.4 is 0 Å². The number of benzene rings is 1. The maximum absolute atomic E-state index is 14.0. The third kappa shape index (κ3) is 2.97. The normalized spacial score (nSPS) is 24.2. The second-order valence-electron chi connectivity index (χ2n) is 7.42. The van der Waals surface area contributed by atoms with Gasteiger partial charge in [-0.2, -0.15) is 0 Å². The zero-order valence-corrected chi connectivity index (χ0v) is 16.3. The summed E-state index contributed by atoms with van der Waals surface area (Å²) in [4.78, 5) is 0. The van der Waals surface area contributed by atoms with E-state index in [2.05, 4.69) is 0 Å². The van der Waals surface area contributed by atoms with Gasteiger partial charge >= 0.3 is 120 Å². The molecule has 6 heteroatoms. The van der Waals surface area contributed by atoms with Crippen LogP contribution in [0.3, 0.4) is 0 Å². The first kappa shape index (κ1) is 15.6. The van der Waals surface area contributed by atoms with Crippen LogP contribution in [0.5, 0.6) is 0 Å². The minimum absolute atomic E-state index is 0.0532. The van der Waals surface area contributed by atoms with E-state index in [-0.39, 0.29) is 19.4 Å². The zero-order valence-electron chi connectivity index (χ0n) is 11.3. The Hall–Kier alpha value is 0.231. The van der Waals surface area contributed by atoms with Crippen LogP contribution in [0.2, 0.25) is 9.95 Å². The molecule has 0 aromatic heterocycles. The van der Waals surface area contributed by atoms with Gasteiger partial charge in [0, 0.05) is 0 Å². The van der Waals surface area contributed by atoms with Gasteiger partial charge in [-0.25, -0.2) is 0 Å². The van der Waals surface area contributed by atoms with Crippen LogP contribution in [0.25, 0.3) is 6.08 Å². The van der Waals surface area contributed by atoms with Crippen molar-refractivity contribution in [2.75, 3.05) is 6.61 Å². The predicted octanol–water partition coefficient (Wildman–Crippen LogP) is 3.30. The van der Waals surface area contributed by atoms with Gasteiger partial charge in [0.05, 0.1) is 0 Å². The number of aliphatic hydroxyl groups is 1. The Kier molecular flexibility index (Phi) is 2.89. The summed E-state index contributed by atoms with van der Waals surface area (Å²) in [6.07, 6.45) is 4.17. The molecule has 0 fully saturated rings. The molecule has 0 heterocycles. The summed E-state index contributed by atoms with van der Waals surface area (Å²) in [5.41, 5.74) is 1.96. The number of hydrogen-bond acceptors (Lipinski definition) is 2. The number of halogens is 2. The van der Waals surface area contributed by atoms with Gasteiger partial charge in [0.15, 0.2) is 0 Å². The van der Waals surface area contributed by atoms with Crippen molar-refractivity contribution in [1.29, 1.82) is 0 Å². The van der Waals surface area contributed by atoms with Crippen LogP contribution in [-0.2, 0) is 13.2 Å². The quantitative estimate of drug-likeness (QED) is 0.842. The molecule has 106 valence electrons. The number of rotatable bonds is 4. The summed E-state index contributed by atoms with van der Waals surface area (Å²) in [6.45, 7) is -0.0532. The SMILES string of the molecule is [CH3][Ti](=[O])([SiH3])([Cl])([Cl])([CH2]CCO)[CH]1C=Cc2ccccc21. The van der Waals surface area contributed by atoms with Crippen molar-refractivity contribution in [3.8, 4) is 0 Å². The summed E-state index contributed by atoms with van der Waals surface area (Å²) >= 11 is 0. The molecule has 1 aliphatic rings. The molecule has 1 aromatic carbocycles. The summed E-state index contributed by atoms with van der Waals surface area (Å²) < 4.78 is 13.7. The Morgan fingerprint density at radius 1 is 1.37 bits per heavy atom.